The molecule has 3 heterocycles. The second-order valence-corrected chi connectivity index (χ2v) is 7.25. The molecule has 0 aliphatic heterocycles. The molecule has 1 amide bonds. The van der Waals surface area contributed by atoms with Crippen molar-refractivity contribution in [3.8, 4) is 11.3 Å². The van der Waals surface area contributed by atoms with Gasteiger partial charge in [-0.05, 0) is 6.07 Å². The lowest BCUT2D eigenvalue weighted by Crippen LogP contribution is -2.23. The Bertz CT molecular complexity index is 1120. The highest BCUT2D eigenvalue weighted by atomic mass is 19.3. The van der Waals surface area contributed by atoms with E-state index in [1.54, 1.807) is 25.6 Å². The number of nitrogens with zero attached hydrogens (tertiary/aromatic N) is 6. The number of nitrogens with one attached hydrogen (secondary N) is 2. The van der Waals surface area contributed by atoms with E-state index in [0.29, 0.717) is 35.9 Å². The van der Waals surface area contributed by atoms with E-state index in [2.05, 4.69) is 35.6 Å². The summed E-state index contributed by atoms with van der Waals surface area (Å²) in [6.07, 6.45) is 5.92. The summed E-state index contributed by atoms with van der Waals surface area (Å²) in [7, 11) is 3.47. The summed E-state index contributed by atoms with van der Waals surface area (Å²) in [6.45, 7) is 3.20. The molecular formula is C21H24F2N8O2. The summed E-state index contributed by atoms with van der Waals surface area (Å²) in [4.78, 5) is 34.1. The van der Waals surface area contributed by atoms with Gasteiger partial charge in [-0.25, -0.2) is 19.9 Å². The molecule has 0 fully saturated rings. The minimum atomic E-state index is -3.20. The number of amides is 1. The van der Waals surface area contributed by atoms with Crippen LogP contribution in [-0.2, 0) is 15.5 Å². The molecule has 12 heteroatoms. The van der Waals surface area contributed by atoms with Crippen LogP contribution in [0.25, 0.3) is 11.3 Å². The molecule has 0 aromatic carbocycles. The Kier molecular flexibility index (Phi) is 7.38. The molecule has 0 bridgehead atoms. The van der Waals surface area contributed by atoms with Crippen molar-refractivity contribution < 1.29 is 18.3 Å². The second kappa shape index (κ2) is 10.2. The zero-order valence-electron chi connectivity index (χ0n) is 18.6. The number of anilines is 4. The van der Waals surface area contributed by atoms with Crippen molar-refractivity contribution in [2.75, 3.05) is 42.8 Å². The van der Waals surface area contributed by atoms with Gasteiger partial charge in [0.15, 0.2) is 0 Å². The van der Waals surface area contributed by atoms with Crippen molar-refractivity contribution in [3.05, 3.63) is 42.7 Å². The number of carbonyl (C=O) groups excluding carboxylic acids is 1. The molecule has 3 aromatic rings. The molecule has 3 rings (SSSR count). The fraction of sp³-hybridized carbons (Fsp3) is 0.333. The normalized spacial score (nSPS) is 11.2. The molecule has 33 heavy (non-hydrogen) atoms. The Morgan fingerprint density at radius 3 is 2.67 bits per heavy atom. The standard InChI is InChI=1S/C21H24F2N8O2/c1-13(32)27-18-9-15(28-17-5-6-25-20(30-17)21(2,22)23)14(10-26-18)16-11-24-12-19(29-16)31(3)7-8-33-4/h5-6,9-12H,7-8H2,1-4H3,(H2,25,26,27,28,30,32). The largest absolute Gasteiger partial charge is 0.383 e. The van der Waals surface area contributed by atoms with Crippen LogP contribution >= 0.6 is 0 Å². The number of halogens is 2. The minimum Gasteiger partial charge on any atom is -0.383 e. The van der Waals surface area contributed by atoms with Gasteiger partial charge in [0.25, 0.3) is 0 Å². The van der Waals surface area contributed by atoms with E-state index in [4.69, 9.17) is 4.74 Å². The molecule has 0 spiro atoms. The number of carbonyl (C=O) groups is 1. The van der Waals surface area contributed by atoms with Crippen molar-refractivity contribution in [1.82, 2.24) is 24.9 Å². The summed E-state index contributed by atoms with van der Waals surface area (Å²) < 4.78 is 32.5. The molecule has 0 atom stereocenters. The first-order valence-corrected chi connectivity index (χ1v) is 9.96. The minimum absolute atomic E-state index is 0.143. The first-order chi connectivity index (χ1) is 15.7. The number of alkyl halides is 2. The van der Waals surface area contributed by atoms with Crippen LogP contribution in [0.1, 0.15) is 19.7 Å². The van der Waals surface area contributed by atoms with Gasteiger partial charge < -0.3 is 20.3 Å². The van der Waals surface area contributed by atoms with Crippen molar-refractivity contribution >= 4 is 29.0 Å². The Labute approximate surface area is 189 Å². The predicted octanol–water partition coefficient (Wildman–Crippen LogP) is 3.22. The topological polar surface area (TPSA) is 118 Å². The number of methoxy groups -OCH3 is 1. The zero-order valence-corrected chi connectivity index (χ0v) is 18.6. The number of pyridine rings is 1. The van der Waals surface area contributed by atoms with E-state index < -0.39 is 11.7 Å². The van der Waals surface area contributed by atoms with E-state index in [1.165, 1.54) is 25.4 Å². The monoisotopic (exact) mass is 458 g/mol. The number of likely N-dealkylation sites (N-methyl/N-ethyl adjacent to an activating group) is 1. The molecule has 174 valence electrons. The maximum Gasteiger partial charge on any atom is 0.303 e. The maximum atomic E-state index is 13.7. The average Bonchev–Trinajstić information content (AvgIpc) is 2.77. The van der Waals surface area contributed by atoms with Gasteiger partial charge in [-0.15, -0.1) is 0 Å². The quantitative estimate of drug-likeness (QED) is 0.498. The van der Waals surface area contributed by atoms with Gasteiger partial charge >= 0.3 is 5.92 Å². The van der Waals surface area contributed by atoms with E-state index in [9.17, 15) is 13.6 Å². The number of hydrogen-bond acceptors (Lipinski definition) is 9. The smallest absolute Gasteiger partial charge is 0.303 e. The third-order valence-electron chi connectivity index (χ3n) is 4.44. The van der Waals surface area contributed by atoms with Crippen LogP contribution in [0.3, 0.4) is 0 Å². The Morgan fingerprint density at radius 2 is 1.97 bits per heavy atom. The highest BCUT2D eigenvalue weighted by Gasteiger charge is 2.28. The summed E-state index contributed by atoms with van der Waals surface area (Å²) >= 11 is 0. The lowest BCUT2D eigenvalue weighted by atomic mass is 10.1. The molecule has 3 aromatic heterocycles. The number of rotatable bonds is 9. The lowest BCUT2D eigenvalue weighted by molar-refractivity contribution is -0.114. The van der Waals surface area contributed by atoms with Crippen LogP contribution in [0.2, 0.25) is 0 Å². The molecule has 10 nitrogen and oxygen atoms in total. The van der Waals surface area contributed by atoms with Crippen LogP contribution in [0, 0.1) is 0 Å². The van der Waals surface area contributed by atoms with Gasteiger partial charge in [0.2, 0.25) is 11.7 Å². The zero-order chi connectivity index (χ0) is 24.0. The van der Waals surface area contributed by atoms with Gasteiger partial charge in [-0.1, -0.05) is 0 Å². The molecule has 0 saturated heterocycles. The molecule has 0 radical (unpaired) electrons. The van der Waals surface area contributed by atoms with Crippen molar-refractivity contribution in [1.29, 1.82) is 0 Å². The predicted molar refractivity (Wildman–Crippen MR) is 120 cm³/mol. The van der Waals surface area contributed by atoms with Gasteiger partial charge in [-0.3, -0.25) is 9.78 Å². The Balaban J connectivity index is 2.02. The van der Waals surface area contributed by atoms with Gasteiger partial charge in [0.1, 0.15) is 17.5 Å². The summed E-state index contributed by atoms with van der Waals surface area (Å²) in [5, 5.41) is 5.60. The average molecular weight is 458 g/mol. The summed E-state index contributed by atoms with van der Waals surface area (Å²) in [5.41, 5.74) is 1.45. The third kappa shape index (κ3) is 6.35. The van der Waals surface area contributed by atoms with Crippen LogP contribution in [0.4, 0.5) is 31.9 Å². The van der Waals surface area contributed by atoms with Crippen molar-refractivity contribution in [2.45, 2.75) is 19.8 Å². The summed E-state index contributed by atoms with van der Waals surface area (Å²) in [6, 6.07) is 3.02. The van der Waals surface area contributed by atoms with E-state index in [-0.39, 0.29) is 17.5 Å². The fourth-order valence-electron chi connectivity index (χ4n) is 2.80. The molecule has 0 aliphatic carbocycles. The SMILES string of the molecule is COCCN(C)c1cncc(-c2cnc(NC(C)=O)cc2Nc2ccnc(C(C)(F)F)n2)n1. The molecule has 0 aliphatic rings. The fourth-order valence-corrected chi connectivity index (χ4v) is 2.80. The number of hydrogen-bond donors (Lipinski definition) is 2. The molecule has 0 unspecified atom stereocenters. The van der Waals surface area contributed by atoms with E-state index in [0.717, 1.165) is 6.92 Å². The number of aromatic nitrogens is 5. The van der Waals surface area contributed by atoms with Crippen LogP contribution in [-0.4, -0.2) is 58.1 Å². The van der Waals surface area contributed by atoms with Crippen LogP contribution in [0.15, 0.2) is 36.9 Å². The van der Waals surface area contributed by atoms with Crippen LogP contribution in [0.5, 0.6) is 0 Å². The molecular weight excluding hydrogens is 434 g/mol. The Hall–Kier alpha value is -3.80. The van der Waals surface area contributed by atoms with E-state index in [1.807, 2.05) is 11.9 Å². The van der Waals surface area contributed by atoms with Crippen molar-refractivity contribution in [3.63, 3.8) is 0 Å². The van der Waals surface area contributed by atoms with Gasteiger partial charge in [0.05, 0.1) is 30.4 Å². The number of ether oxygens (including phenoxy) is 1. The van der Waals surface area contributed by atoms with Gasteiger partial charge in [-0.2, -0.15) is 8.78 Å². The lowest BCUT2D eigenvalue weighted by Gasteiger charge is -2.18. The molecule has 2 N–H and O–H groups in total. The van der Waals surface area contributed by atoms with Crippen LogP contribution < -0.4 is 15.5 Å². The highest BCUT2D eigenvalue weighted by Crippen LogP contribution is 2.31. The van der Waals surface area contributed by atoms with Gasteiger partial charge in [0, 0.05) is 58.6 Å². The first kappa shape index (κ1) is 23.9. The third-order valence-corrected chi connectivity index (χ3v) is 4.44. The Morgan fingerprint density at radius 1 is 1.18 bits per heavy atom. The van der Waals surface area contributed by atoms with Crippen molar-refractivity contribution in [2.24, 2.45) is 0 Å². The van der Waals surface area contributed by atoms with E-state index >= 15 is 0 Å². The molecule has 0 saturated carbocycles. The first-order valence-electron chi connectivity index (χ1n) is 9.96. The summed E-state index contributed by atoms with van der Waals surface area (Å²) in [5.74, 6) is -3.11. The highest BCUT2D eigenvalue weighted by molar-refractivity contribution is 5.89. The maximum absolute atomic E-state index is 13.7. The second-order valence-electron chi connectivity index (χ2n) is 7.25.